The van der Waals surface area contributed by atoms with Crippen LogP contribution in [-0.4, -0.2) is 30.0 Å². The summed E-state index contributed by atoms with van der Waals surface area (Å²) in [6.07, 6.45) is -1.07. The van der Waals surface area contributed by atoms with E-state index >= 15 is 0 Å². The number of hydrogen-bond donors (Lipinski definition) is 1. The third-order valence-electron chi connectivity index (χ3n) is 3.66. The summed E-state index contributed by atoms with van der Waals surface area (Å²) < 4.78 is 10.1. The van der Waals surface area contributed by atoms with Crippen LogP contribution in [0.4, 0.5) is 5.69 Å². The standard InChI is InChI=1S/C18H17ClN2O6/c1-11(17(22)20-10-12-3-6-14(26-2)7-4-12)27-18(23)15-8-5-13(21(24)25)9-16(15)19/h3-9,11H,10H2,1-2H3,(H,20,22)/t11-/m0/s1. The first-order valence-electron chi connectivity index (χ1n) is 7.87. The molecular weight excluding hydrogens is 376 g/mol. The number of carbonyl (C=O) groups is 2. The molecule has 142 valence electrons. The number of hydrogen-bond acceptors (Lipinski definition) is 6. The lowest BCUT2D eigenvalue weighted by Gasteiger charge is -2.14. The fraction of sp³-hybridized carbons (Fsp3) is 0.222. The predicted octanol–water partition coefficient (Wildman–Crippen LogP) is 3.12. The molecule has 0 bridgehead atoms. The van der Waals surface area contributed by atoms with E-state index in [9.17, 15) is 19.7 Å². The molecule has 0 saturated carbocycles. The number of nitrogens with zero attached hydrogens (tertiary/aromatic N) is 1. The minimum Gasteiger partial charge on any atom is -0.497 e. The molecule has 27 heavy (non-hydrogen) atoms. The SMILES string of the molecule is COc1ccc(CNC(=O)[C@H](C)OC(=O)c2ccc([N+](=O)[O-])cc2Cl)cc1. The van der Waals surface area contributed by atoms with Gasteiger partial charge in [0.1, 0.15) is 5.75 Å². The minimum atomic E-state index is -1.07. The molecule has 0 saturated heterocycles. The average molecular weight is 393 g/mol. The Hall–Kier alpha value is -3.13. The molecule has 1 atom stereocenters. The van der Waals surface area contributed by atoms with Crippen molar-refractivity contribution >= 4 is 29.2 Å². The maximum atomic E-state index is 12.1. The molecular formula is C18H17ClN2O6. The Kier molecular flexibility index (Phi) is 6.73. The smallest absolute Gasteiger partial charge is 0.340 e. The average Bonchev–Trinajstić information content (AvgIpc) is 2.66. The van der Waals surface area contributed by atoms with Gasteiger partial charge in [-0.25, -0.2) is 4.79 Å². The number of halogens is 1. The van der Waals surface area contributed by atoms with Crippen LogP contribution in [-0.2, 0) is 16.1 Å². The highest BCUT2D eigenvalue weighted by atomic mass is 35.5. The van der Waals surface area contributed by atoms with Gasteiger partial charge in [-0.15, -0.1) is 0 Å². The third kappa shape index (κ3) is 5.42. The van der Waals surface area contributed by atoms with Crippen LogP contribution in [0.25, 0.3) is 0 Å². The van der Waals surface area contributed by atoms with Crippen LogP contribution in [0.3, 0.4) is 0 Å². The van der Waals surface area contributed by atoms with Gasteiger partial charge in [-0.05, 0) is 30.7 Å². The quantitative estimate of drug-likeness (QED) is 0.440. The number of carbonyl (C=O) groups excluding carboxylic acids is 2. The van der Waals surface area contributed by atoms with E-state index in [4.69, 9.17) is 21.1 Å². The number of non-ortho nitro benzene ring substituents is 1. The number of nitrogens with one attached hydrogen (secondary N) is 1. The largest absolute Gasteiger partial charge is 0.497 e. The Morgan fingerprint density at radius 2 is 1.89 bits per heavy atom. The molecule has 9 heteroatoms. The second-order valence-corrected chi connectivity index (χ2v) is 5.94. The summed E-state index contributed by atoms with van der Waals surface area (Å²) in [5.74, 6) is -0.633. The summed E-state index contributed by atoms with van der Waals surface area (Å²) in [5, 5.41) is 13.2. The number of rotatable bonds is 7. The lowest BCUT2D eigenvalue weighted by Crippen LogP contribution is -2.35. The Morgan fingerprint density at radius 1 is 1.22 bits per heavy atom. The van der Waals surface area contributed by atoms with Crippen LogP contribution in [0.15, 0.2) is 42.5 Å². The maximum absolute atomic E-state index is 12.1. The summed E-state index contributed by atoms with van der Waals surface area (Å²) in [7, 11) is 1.56. The van der Waals surface area contributed by atoms with E-state index in [2.05, 4.69) is 5.32 Å². The van der Waals surface area contributed by atoms with Gasteiger partial charge < -0.3 is 14.8 Å². The molecule has 0 aromatic heterocycles. The van der Waals surface area contributed by atoms with Crippen LogP contribution in [0.5, 0.6) is 5.75 Å². The number of nitro groups is 1. The lowest BCUT2D eigenvalue weighted by atomic mass is 10.2. The summed E-state index contributed by atoms with van der Waals surface area (Å²) >= 11 is 5.88. The molecule has 2 aromatic rings. The van der Waals surface area contributed by atoms with E-state index in [1.54, 1.807) is 31.4 Å². The van der Waals surface area contributed by atoms with Crippen molar-refractivity contribution in [3.8, 4) is 5.75 Å². The van der Waals surface area contributed by atoms with Crippen molar-refractivity contribution in [3.63, 3.8) is 0 Å². The van der Waals surface area contributed by atoms with Crippen LogP contribution >= 0.6 is 11.6 Å². The van der Waals surface area contributed by atoms with Crippen molar-refractivity contribution in [1.82, 2.24) is 5.32 Å². The van der Waals surface area contributed by atoms with Crippen molar-refractivity contribution in [1.29, 1.82) is 0 Å². The number of esters is 1. The first-order chi connectivity index (χ1) is 12.8. The Bertz CT molecular complexity index is 853. The lowest BCUT2D eigenvalue weighted by molar-refractivity contribution is -0.384. The van der Waals surface area contributed by atoms with Crippen LogP contribution in [0.2, 0.25) is 5.02 Å². The van der Waals surface area contributed by atoms with Gasteiger partial charge in [-0.1, -0.05) is 23.7 Å². The van der Waals surface area contributed by atoms with E-state index in [1.165, 1.54) is 13.0 Å². The third-order valence-corrected chi connectivity index (χ3v) is 3.97. The highest BCUT2D eigenvalue weighted by Crippen LogP contribution is 2.23. The second kappa shape index (κ2) is 9.00. The zero-order chi connectivity index (χ0) is 20.0. The summed E-state index contributed by atoms with van der Waals surface area (Å²) in [5.41, 5.74) is 0.542. The van der Waals surface area contributed by atoms with Gasteiger partial charge in [-0.2, -0.15) is 0 Å². The molecule has 0 aliphatic rings. The highest BCUT2D eigenvalue weighted by molar-refractivity contribution is 6.33. The monoisotopic (exact) mass is 392 g/mol. The molecule has 8 nitrogen and oxygen atoms in total. The van der Waals surface area contributed by atoms with Crippen molar-refractivity contribution in [2.24, 2.45) is 0 Å². The molecule has 0 unspecified atom stereocenters. The summed E-state index contributed by atoms with van der Waals surface area (Å²) in [6.45, 7) is 1.67. The van der Waals surface area contributed by atoms with Gasteiger partial charge in [0.25, 0.3) is 11.6 Å². The van der Waals surface area contributed by atoms with Gasteiger partial charge in [0.2, 0.25) is 0 Å². The van der Waals surface area contributed by atoms with Crippen LogP contribution < -0.4 is 10.1 Å². The van der Waals surface area contributed by atoms with Gasteiger partial charge in [-0.3, -0.25) is 14.9 Å². The fourth-order valence-electron chi connectivity index (χ4n) is 2.14. The molecule has 0 aliphatic carbocycles. The van der Waals surface area contributed by atoms with Crippen molar-refractivity contribution < 1.29 is 24.0 Å². The van der Waals surface area contributed by atoms with Crippen LogP contribution in [0, 0.1) is 10.1 Å². The number of methoxy groups -OCH3 is 1. The maximum Gasteiger partial charge on any atom is 0.340 e. The van der Waals surface area contributed by atoms with Gasteiger partial charge in [0.05, 0.1) is 22.6 Å². The fourth-order valence-corrected chi connectivity index (χ4v) is 2.39. The van der Waals surface area contributed by atoms with Crippen molar-refractivity contribution in [2.45, 2.75) is 19.6 Å². The second-order valence-electron chi connectivity index (χ2n) is 5.53. The Morgan fingerprint density at radius 3 is 2.44 bits per heavy atom. The highest BCUT2D eigenvalue weighted by Gasteiger charge is 2.21. The number of amides is 1. The molecule has 1 amide bonds. The number of benzene rings is 2. The normalized spacial score (nSPS) is 11.4. The topological polar surface area (TPSA) is 108 Å². The minimum absolute atomic E-state index is 0.0583. The number of ether oxygens (including phenoxy) is 2. The first kappa shape index (κ1) is 20.2. The molecule has 2 aromatic carbocycles. The molecule has 0 radical (unpaired) electrons. The van der Waals surface area contributed by atoms with Gasteiger partial charge >= 0.3 is 5.97 Å². The first-order valence-corrected chi connectivity index (χ1v) is 8.25. The van der Waals surface area contributed by atoms with E-state index < -0.39 is 22.9 Å². The van der Waals surface area contributed by atoms with E-state index in [0.717, 1.165) is 17.7 Å². The van der Waals surface area contributed by atoms with E-state index in [0.29, 0.717) is 5.75 Å². The summed E-state index contributed by atoms with van der Waals surface area (Å²) in [4.78, 5) is 34.3. The molecule has 0 spiro atoms. The van der Waals surface area contributed by atoms with Crippen LogP contribution in [0.1, 0.15) is 22.8 Å². The van der Waals surface area contributed by atoms with Crippen molar-refractivity contribution in [3.05, 3.63) is 68.7 Å². The Labute approximate surface area is 160 Å². The van der Waals surface area contributed by atoms with Gasteiger partial charge in [0, 0.05) is 18.7 Å². The zero-order valence-electron chi connectivity index (χ0n) is 14.6. The molecule has 0 fully saturated rings. The number of nitro benzene ring substituents is 1. The summed E-state index contributed by atoms with van der Waals surface area (Å²) in [6, 6.07) is 10.5. The zero-order valence-corrected chi connectivity index (χ0v) is 15.4. The van der Waals surface area contributed by atoms with Crippen molar-refractivity contribution in [2.75, 3.05) is 7.11 Å². The molecule has 0 heterocycles. The Balaban J connectivity index is 1.93. The predicted molar refractivity (Wildman–Crippen MR) is 97.8 cm³/mol. The van der Waals surface area contributed by atoms with E-state index in [-0.39, 0.29) is 22.8 Å². The molecule has 2 rings (SSSR count). The molecule has 0 aliphatic heterocycles. The van der Waals surface area contributed by atoms with E-state index in [1.807, 2.05) is 0 Å². The van der Waals surface area contributed by atoms with Gasteiger partial charge in [0.15, 0.2) is 6.10 Å². The molecule has 1 N–H and O–H groups in total.